The zero-order chi connectivity index (χ0) is 19.2. The molecule has 2 saturated heterocycles. The lowest BCUT2D eigenvalue weighted by atomic mass is 9.80. The number of nitrogens with one attached hydrogen (secondary N) is 1. The van der Waals surface area contributed by atoms with Crippen LogP contribution in [0.25, 0.3) is 0 Å². The smallest absolute Gasteiger partial charge is 0.475 e. The summed E-state index contributed by atoms with van der Waals surface area (Å²) in [5.74, 6) is -1.77. The van der Waals surface area contributed by atoms with Crippen LogP contribution in [-0.4, -0.2) is 43.6 Å². The van der Waals surface area contributed by atoms with E-state index in [2.05, 4.69) is 5.32 Å². The molecule has 2 aliphatic heterocycles. The average molecular weight is 377 g/mol. The van der Waals surface area contributed by atoms with E-state index in [0.717, 1.165) is 52.0 Å². The third kappa shape index (κ3) is 5.95. The molecule has 2 aliphatic rings. The predicted octanol–water partition coefficient (Wildman–Crippen LogP) is 3.82. The molecule has 0 unspecified atom stereocenters. The van der Waals surface area contributed by atoms with Crippen LogP contribution in [0.3, 0.4) is 0 Å². The number of hydrogen-bond donors (Lipinski definition) is 2. The molecule has 0 aromatic heterocycles. The van der Waals surface area contributed by atoms with Gasteiger partial charge in [0.05, 0.1) is 0 Å². The summed E-state index contributed by atoms with van der Waals surface area (Å²) in [6, 6.07) is 5.42. The molecule has 2 fully saturated rings. The number of halogens is 4. The van der Waals surface area contributed by atoms with Crippen LogP contribution in [0.4, 0.5) is 17.6 Å². The van der Waals surface area contributed by atoms with Crippen molar-refractivity contribution in [3.63, 3.8) is 0 Å². The van der Waals surface area contributed by atoms with Gasteiger partial charge in [0, 0.05) is 13.2 Å². The van der Waals surface area contributed by atoms with Crippen molar-refractivity contribution in [2.45, 2.75) is 43.7 Å². The van der Waals surface area contributed by atoms with E-state index in [9.17, 15) is 17.6 Å². The van der Waals surface area contributed by atoms with Crippen LogP contribution in [0, 0.1) is 5.82 Å². The second kappa shape index (κ2) is 9.32. The standard InChI is InChI=1S/C16H22FNO.C2HF3O2/c17-14-1-2-15(13-5-9-19-10-6-13)16(11-14)12-3-7-18-8-4-12;3-2(4,5)1(6)7/h1-2,11-13,18H,3-10H2;(H,6,7). The first-order chi connectivity index (χ1) is 12.3. The normalized spacial score (nSPS) is 19.5. The monoisotopic (exact) mass is 377 g/mol. The molecule has 0 aliphatic carbocycles. The second-order valence-corrected chi connectivity index (χ2v) is 6.49. The van der Waals surface area contributed by atoms with E-state index in [4.69, 9.17) is 14.6 Å². The van der Waals surface area contributed by atoms with Crippen molar-refractivity contribution in [3.8, 4) is 0 Å². The molecule has 0 spiro atoms. The molecule has 2 heterocycles. The van der Waals surface area contributed by atoms with E-state index in [-0.39, 0.29) is 5.82 Å². The first-order valence-corrected chi connectivity index (χ1v) is 8.67. The van der Waals surface area contributed by atoms with Gasteiger partial charge in [0.25, 0.3) is 0 Å². The van der Waals surface area contributed by atoms with Gasteiger partial charge in [0.1, 0.15) is 5.82 Å². The summed E-state index contributed by atoms with van der Waals surface area (Å²) in [7, 11) is 0. The summed E-state index contributed by atoms with van der Waals surface area (Å²) >= 11 is 0. The topological polar surface area (TPSA) is 58.6 Å². The highest BCUT2D eigenvalue weighted by Crippen LogP contribution is 2.36. The minimum Gasteiger partial charge on any atom is -0.475 e. The van der Waals surface area contributed by atoms with E-state index in [1.165, 1.54) is 11.1 Å². The lowest BCUT2D eigenvalue weighted by molar-refractivity contribution is -0.192. The Kier molecular flexibility index (Phi) is 7.40. The molecule has 4 nitrogen and oxygen atoms in total. The highest BCUT2D eigenvalue weighted by molar-refractivity contribution is 5.73. The van der Waals surface area contributed by atoms with Gasteiger partial charge >= 0.3 is 12.1 Å². The van der Waals surface area contributed by atoms with Crippen LogP contribution in [0.15, 0.2) is 18.2 Å². The van der Waals surface area contributed by atoms with E-state index in [1.807, 2.05) is 6.07 Å². The quantitative estimate of drug-likeness (QED) is 0.770. The Morgan fingerprint density at radius 1 is 1.04 bits per heavy atom. The van der Waals surface area contributed by atoms with Gasteiger partial charge in [-0.15, -0.1) is 0 Å². The van der Waals surface area contributed by atoms with Gasteiger partial charge in [0.15, 0.2) is 0 Å². The summed E-state index contributed by atoms with van der Waals surface area (Å²) in [6.45, 7) is 3.78. The molecule has 2 N–H and O–H groups in total. The highest BCUT2D eigenvalue weighted by Gasteiger charge is 2.38. The van der Waals surface area contributed by atoms with E-state index in [0.29, 0.717) is 11.8 Å². The fourth-order valence-corrected chi connectivity index (χ4v) is 3.41. The number of carboxylic acid groups (broad SMARTS) is 1. The first kappa shape index (κ1) is 20.6. The largest absolute Gasteiger partial charge is 0.490 e. The minimum absolute atomic E-state index is 0.0932. The molecule has 3 rings (SSSR count). The van der Waals surface area contributed by atoms with E-state index in [1.54, 1.807) is 12.1 Å². The summed E-state index contributed by atoms with van der Waals surface area (Å²) in [4.78, 5) is 8.90. The number of benzene rings is 1. The number of alkyl halides is 3. The average Bonchev–Trinajstić information content (AvgIpc) is 2.63. The van der Waals surface area contributed by atoms with Crippen LogP contribution in [0.2, 0.25) is 0 Å². The number of carboxylic acids is 1. The molecule has 0 atom stereocenters. The molecular weight excluding hydrogens is 354 g/mol. The molecule has 0 bridgehead atoms. The van der Waals surface area contributed by atoms with E-state index >= 15 is 0 Å². The van der Waals surface area contributed by atoms with Crippen molar-refractivity contribution >= 4 is 5.97 Å². The number of piperidine rings is 1. The minimum atomic E-state index is -5.08. The summed E-state index contributed by atoms with van der Waals surface area (Å²) < 4.78 is 50.8. The molecular formula is C18H23F4NO3. The van der Waals surface area contributed by atoms with Crippen molar-refractivity contribution in [1.29, 1.82) is 0 Å². The molecule has 0 amide bonds. The molecule has 1 aromatic carbocycles. The van der Waals surface area contributed by atoms with Gasteiger partial charge in [-0.3, -0.25) is 0 Å². The second-order valence-electron chi connectivity index (χ2n) is 6.49. The van der Waals surface area contributed by atoms with Gasteiger partial charge in [-0.1, -0.05) is 6.07 Å². The fraction of sp³-hybridized carbons (Fsp3) is 0.611. The molecule has 26 heavy (non-hydrogen) atoms. The van der Waals surface area contributed by atoms with Gasteiger partial charge < -0.3 is 15.2 Å². The van der Waals surface area contributed by atoms with Gasteiger partial charge in [0.2, 0.25) is 0 Å². The Balaban J connectivity index is 0.000000298. The van der Waals surface area contributed by atoms with Crippen LogP contribution < -0.4 is 5.32 Å². The van der Waals surface area contributed by atoms with Crippen molar-refractivity contribution in [2.24, 2.45) is 0 Å². The third-order valence-corrected chi connectivity index (χ3v) is 4.73. The predicted molar refractivity (Wildman–Crippen MR) is 87.7 cm³/mol. The maximum absolute atomic E-state index is 13.6. The fourth-order valence-electron chi connectivity index (χ4n) is 3.41. The van der Waals surface area contributed by atoms with Crippen molar-refractivity contribution in [1.82, 2.24) is 5.32 Å². The lowest BCUT2D eigenvalue weighted by Gasteiger charge is -2.30. The third-order valence-electron chi connectivity index (χ3n) is 4.73. The zero-order valence-corrected chi connectivity index (χ0v) is 14.3. The van der Waals surface area contributed by atoms with Crippen LogP contribution >= 0.6 is 0 Å². The number of rotatable bonds is 2. The van der Waals surface area contributed by atoms with Gasteiger partial charge in [-0.05, 0) is 73.9 Å². The molecule has 0 radical (unpaired) electrons. The lowest BCUT2D eigenvalue weighted by Crippen LogP contribution is -2.27. The molecule has 0 saturated carbocycles. The van der Waals surface area contributed by atoms with Gasteiger partial charge in [-0.25, -0.2) is 9.18 Å². The molecule has 8 heteroatoms. The Morgan fingerprint density at radius 3 is 2.12 bits per heavy atom. The van der Waals surface area contributed by atoms with Crippen molar-refractivity contribution in [2.75, 3.05) is 26.3 Å². The maximum Gasteiger partial charge on any atom is 0.490 e. The molecule has 1 aromatic rings. The van der Waals surface area contributed by atoms with Crippen molar-refractivity contribution in [3.05, 3.63) is 35.1 Å². The number of ether oxygens (including phenoxy) is 1. The van der Waals surface area contributed by atoms with Gasteiger partial charge in [-0.2, -0.15) is 13.2 Å². The Labute approximate surface area is 149 Å². The molecule has 146 valence electrons. The Hall–Kier alpha value is -1.67. The number of carbonyl (C=O) groups is 1. The highest BCUT2D eigenvalue weighted by atomic mass is 19.4. The Bertz CT molecular complexity index is 595. The van der Waals surface area contributed by atoms with Crippen LogP contribution in [0.1, 0.15) is 48.6 Å². The number of aliphatic carboxylic acids is 1. The van der Waals surface area contributed by atoms with E-state index < -0.39 is 12.1 Å². The van der Waals surface area contributed by atoms with Crippen LogP contribution in [-0.2, 0) is 9.53 Å². The maximum atomic E-state index is 13.6. The summed E-state index contributed by atoms with van der Waals surface area (Å²) in [5, 5.41) is 10.5. The zero-order valence-electron chi connectivity index (χ0n) is 14.3. The van der Waals surface area contributed by atoms with Crippen LogP contribution in [0.5, 0.6) is 0 Å². The first-order valence-electron chi connectivity index (χ1n) is 8.67. The SMILES string of the molecule is Fc1ccc(C2CCOCC2)c(C2CCNCC2)c1.O=C(O)C(F)(F)F. The number of hydrogen-bond acceptors (Lipinski definition) is 3. The summed E-state index contributed by atoms with van der Waals surface area (Å²) in [6.07, 6.45) is -0.688. The Morgan fingerprint density at radius 2 is 1.58 bits per heavy atom. The van der Waals surface area contributed by atoms with Crippen molar-refractivity contribution < 1.29 is 32.2 Å². The summed E-state index contributed by atoms with van der Waals surface area (Å²) in [5.41, 5.74) is 2.63.